The quantitative estimate of drug-likeness (QED) is 0.751. The number of rotatable bonds is 6. The van der Waals surface area contributed by atoms with Crippen LogP contribution in [-0.4, -0.2) is 54.2 Å². The Morgan fingerprint density at radius 1 is 1.48 bits per heavy atom. The number of amides is 1. The molecule has 0 bridgehead atoms. The number of hydrogen-bond donors (Lipinski definition) is 2. The number of aryl methyl sites for hydroxylation is 1. The number of methoxy groups -OCH3 is 1. The fourth-order valence-electron chi connectivity index (χ4n) is 2.85. The normalized spacial score (nSPS) is 21.3. The van der Waals surface area contributed by atoms with Crippen LogP contribution in [0.5, 0.6) is 0 Å². The molecule has 0 aliphatic carbocycles. The van der Waals surface area contributed by atoms with Gasteiger partial charge in [0.1, 0.15) is 0 Å². The largest absolute Gasteiger partial charge is 0.468 e. The van der Waals surface area contributed by atoms with Crippen LogP contribution in [0, 0.1) is 6.92 Å². The van der Waals surface area contributed by atoms with Crippen LogP contribution in [0.15, 0.2) is 24.3 Å². The van der Waals surface area contributed by atoms with E-state index >= 15 is 0 Å². The Kier molecular flexibility index (Phi) is 5.74. The summed E-state index contributed by atoms with van der Waals surface area (Å²) in [6.45, 7) is 3.15. The third kappa shape index (κ3) is 4.53. The summed E-state index contributed by atoms with van der Waals surface area (Å²) in [7, 11) is 1.30. The minimum Gasteiger partial charge on any atom is -0.468 e. The number of ether oxygens (including phenoxy) is 1. The smallest absolute Gasteiger partial charge is 0.319 e. The molecule has 6 nitrogen and oxygen atoms in total. The van der Waals surface area contributed by atoms with Crippen molar-refractivity contribution >= 4 is 11.9 Å². The predicted molar refractivity (Wildman–Crippen MR) is 85.7 cm³/mol. The lowest BCUT2D eigenvalue weighted by molar-refractivity contribution is -0.157. The van der Waals surface area contributed by atoms with Crippen LogP contribution in [0.1, 0.15) is 24.0 Å². The van der Waals surface area contributed by atoms with Crippen molar-refractivity contribution in [2.24, 2.45) is 0 Å². The summed E-state index contributed by atoms with van der Waals surface area (Å²) in [6.07, 6.45) is 1.12. The van der Waals surface area contributed by atoms with E-state index in [1.807, 2.05) is 31.2 Å². The summed E-state index contributed by atoms with van der Waals surface area (Å²) in [5.74, 6) is -0.712. The summed E-state index contributed by atoms with van der Waals surface area (Å²) in [5.41, 5.74) is 0.725. The molecular weight excluding hydrogens is 296 g/mol. The van der Waals surface area contributed by atoms with Crippen LogP contribution in [0.3, 0.4) is 0 Å². The van der Waals surface area contributed by atoms with Gasteiger partial charge in [-0.3, -0.25) is 9.59 Å². The molecule has 1 aromatic carbocycles. The molecule has 1 heterocycles. The maximum absolute atomic E-state index is 12.6. The van der Waals surface area contributed by atoms with Gasteiger partial charge in [0.05, 0.1) is 13.7 Å². The highest BCUT2D eigenvalue weighted by Gasteiger charge is 2.41. The van der Waals surface area contributed by atoms with Crippen LogP contribution in [0.4, 0.5) is 0 Å². The van der Waals surface area contributed by atoms with Crippen molar-refractivity contribution < 1.29 is 19.4 Å². The van der Waals surface area contributed by atoms with Gasteiger partial charge in [0.15, 0.2) is 5.60 Å². The van der Waals surface area contributed by atoms with E-state index in [0.717, 1.165) is 17.5 Å². The van der Waals surface area contributed by atoms with Gasteiger partial charge in [-0.1, -0.05) is 29.8 Å². The summed E-state index contributed by atoms with van der Waals surface area (Å²) >= 11 is 0. The first kappa shape index (κ1) is 17.4. The van der Waals surface area contributed by atoms with E-state index < -0.39 is 11.6 Å². The molecule has 2 rings (SSSR count). The third-order valence-corrected chi connectivity index (χ3v) is 4.07. The van der Waals surface area contributed by atoms with E-state index in [1.54, 1.807) is 4.90 Å². The van der Waals surface area contributed by atoms with Gasteiger partial charge in [0, 0.05) is 19.6 Å². The number of carbonyl (C=O) groups is 2. The average Bonchev–Trinajstić information content (AvgIpc) is 2.52. The molecule has 1 atom stereocenters. The predicted octanol–water partition coefficient (Wildman–Crippen LogP) is 0.611. The molecule has 1 unspecified atom stereocenters. The molecule has 1 aliphatic heterocycles. The third-order valence-electron chi connectivity index (χ3n) is 4.07. The summed E-state index contributed by atoms with van der Waals surface area (Å²) in [4.78, 5) is 25.4. The maximum atomic E-state index is 12.6. The zero-order chi connectivity index (χ0) is 16.9. The lowest BCUT2D eigenvalue weighted by Gasteiger charge is -2.38. The minimum atomic E-state index is -1.46. The molecular formula is C17H24N2O4. The Bertz CT molecular complexity index is 575. The Morgan fingerprint density at radius 2 is 2.26 bits per heavy atom. The Balaban J connectivity index is 1.98. The second-order valence-electron chi connectivity index (χ2n) is 6.03. The minimum absolute atomic E-state index is 0.0238. The van der Waals surface area contributed by atoms with Crippen LogP contribution in [0.2, 0.25) is 0 Å². The number of hydrogen-bond acceptors (Lipinski definition) is 5. The average molecular weight is 320 g/mol. The first-order valence-electron chi connectivity index (χ1n) is 7.79. The van der Waals surface area contributed by atoms with Gasteiger partial charge in [-0.15, -0.1) is 0 Å². The molecule has 1 aliphatic rings. The van der Waals surface area contributed by atoms with Gasteiger partial charge in [-0.2, -0.15) is 0 Å². The van der Waals surface area contributed by atoms with Crippen molar-refractivity contribution in [2.45, 2.75) is 31.9 Å². The van der Waals surface area contributed by atoms with E-state index in [2.05, 4.69) is 10.1 Å². The number of piperidine rings is 1. The second-order valence-corrected chi connectivity index (χ2v) is 6.03. The van der Waals surface area contributed by atoms with E-state index in [1.165, 1.54) is 7.11 Å². The number of likely N-dealkylation sites (tertiary alicyclic amines) is 1. The SMILES string of the molecule is COC(=O)CNCC1(O)CCCN(Cc2cccc(C)c2)C1=O. The lowest BCUT2D eigenvalue weighted by Crippen LogP contribution is -2.58. The van der Waals surface area contributed by atoms with Gasteiger partial charge in [0.2, 0.25) is 0 Å². The highest BCUT2D eigenvalue weighted by atomic mass is 16.5. The Labute approximate surface area is 136 Å². The fourth-order valence-corrected chi connectivity index (χ4v) is 2.85. The molecule has 23 heavy (non-hydrogen) atoms. The summed E-state index contributed by atoms with van der Waals surface area (Å²) < 4.78 is 4.53. The number of esters is 1. The van der Waals surface area contributed by atoms with Crippen LogP contribution in [-0.2, 0) is 20.9 Å². The lowest BCUT2D eigenvalue weighted by atomic mass is 9.91. The van der Waals surface area contributed by atoms with Crippen molar-refractivity contribution in [3.05, 3.63) is 35.4 Å². The van der Waals surface area contributed by atoms with Crippen molar-refractivity contribution in [3.8, 4) is 0 Å². The summed E-state index contributed by atoms with van der Waals surface area (Å²) in [5, 5.41) is 13.4. The van der Waals surface area contributed by atoms with Gasteiger partial charge < -0.3 is 20.1 Å². The molecule has 2 N–H and O–H groups in total. The van der Waals surface area contributed by atoms with Gasteiger partial charge >= 0.3 is 5.97 Å². The van der Waals surface area contributed by atoms with Crippen molar-refractivity contribution in [2.75, 3.05) is 26.7 Å². The number of carbonyl (C=O) groups excluding carboxylic acids is 2. The monoisotopic (exact) mass is 320 g/mol. The topological polar surface area (TPSA) is 78.9 Å². The van der Waals surface area contributed by atoms with Crippen molar-refractivity contribution in [1.82, 2.24) is 10.2 Å². The molecule has 1 saturated heterocycles. The number of nitrogens with zero attached hydrogens (tertiary/aromatic N) is 1. The van der Waals surface area contributed by atoms with Crippen LogP contribution >= 0.6 is 0 Å². The van der Waals surface area contributed by atoms with Crippen molar-refractivity contribution in [1.29, 1.82) is 0 Å². The molecule has 6 heteroatoms. The molecule has 0 aromatic heterocycles. The highest BCUT2D eigenvalue weighted by Crippen LogP contribution is 2.24. The molecule has 1 aromatic rings. The molecule has 126 valence electrons. The Hall–Kier alpha value is -1.92. The van der Waals surface area contributed by atoms with E-state index in [9.17, 15) is 14.7 Å². The van der Waals surface area contributed by atoms with Gasteiger partial charge in [-0.25, -0.2) is 0 Å². The van der Waals surface area contributed by atoms with E-state index in [0.29, 0.717) is 19.5 Å². The van der Waals surface area contributed by atoms with Gasteiger partial charge in [-0.05, 0) is 25.3 Å². The first-order chi connectivity index (χ1) is 10.9. The summed E-state index contributed by atoms with van der Waals surface area (Å²) in [6, 6.07) is 7.98. The van der Waals surface area contributed by atoms with E-state index in [-0.39, 0.29) is 19.0 Å². The zero-order valence-corrected chi connectivity index (χ0v) is 13.7. The molecule has 0 spiro atoms. The second kappa shape index (κ2) is 7.57. The number of aliphatic hydroxyl groups is 1. The molecule has 0 radical (unpaired) electrons. The maximum Gasteiger partial charge on any atom is 0.319 e. The number of nitrogens with one attached hydrogen (secondary N) is 1. The standard InChI is InChI=1S/C17H24N2O4/c1-13-5-3-6-14(9-13)11-19-8-4-7-17(22,16(19)21)12-18-10-15(20)23-2/h3,5-6,9,18,22H,4,7-8,10-12H2,1-2H3. The van der Waals surface area contributed by atoms with E-state index in [4.69, 9.17) is 0 Å². The fraction of sp³-hybridized carbons (Fsp3) is 0.529. The van der Waals surface area contributed by atoms with Gasteiger partial charge in [0.25, 0.3) is 5.91 Å². The molecule has 1 amide bonds. The molecule has 1 fully saturated rings. The molecule has 0 saturated carbocycles. The Morgan fingerprint density at radius 3 is 2.96 bits per heavy atom. The van der Waals surface area contributed by atoms with Crippen LogP contribution < -0.4 is 5.32 Å². The van der Waals surface area contributed by atoms with Crippen molar-refractivity contribution in [3.63, 3.8) is 0 Å². The van der Waals surface area contributed by atoms with Crippen LogP contribution in [0.25, 0.3) is 0 Å². The first-order valence-corrected chi connectivity index (χ1v) is 7.79. The zero-order valence-electron chi connectivity index (χ0n) is 13.7. The number of benzene rings is 1. The highest BCUT2D eigenvalue weighted by molar-refractivity contribution is 5.86.